The smallest absolute Gasteiger partial charge is 0.333 e. The number of aromatic nitrogens is 4. The molecule has 13 nitrogen and oxygen atoms in total. The highest BCUT2D eigenvalue weighted by Crippen LogP contribution is 2.35. The number of carboxylic acid groups (broad SMARTS) is 1. The van der Waals surface area contributed by atoms with E-state index in [0.717, 1.165) is 5.56 Å². The molecule has 0 saturated carbocycles. The monoisotopic (exact) mass is 608 g/mol. The lowest BCUT2D eigenvalue weighted by atomic mass is 9.91. The lowest BCUT2D eigenvalue weighted by molar-refractivity contribution is -0.138. The topological polar surface area (TPSA) is 209 Å². The third-order valence-electron chi connectivity index (χ3n) is 7.02. The van der Waals surface area contributed by atoms with Crippen molar-refractivity contribution >= 4 is 33.7 Å². The van der Waals surface area contributed by atoms with Gasteiger partial charge in [0.25, 0.3) is 5.91 Å². The van der Waals surface area contributed by atoms with Gasteiger partial charge in [-0.1, -0.05) is 36.4 Å². The Morgan fingerprint density at radius 1 is 0.886 bits per heavy atom. The van der Waals surface area contributed by atoms with E-state index in [1.54, 1.807) is 49.4 Å². The average Bonchev–Trinajstić information content (AvgIpc) is 3.41. The van der Waals surface area contributed by atoms with Crippen molar-refractivity contribution in [2.45, 2.75) is 17.9 Å². The van der Waals surface area contributed by atoms with Crippen LogP contribution >= 0.6 is 0 Å². The number of rotatable bonds is 7. The van der Waals surface area contributed by atoms with Gasteiger partial charge in [0.2, 0.25) is 16.0 Å². The van der Waals surface area contributed by atoms with Crippen molar-refractivity contribution in [2.75, 3.05) is 5.32 Å². The van der Waals surface area contributed by atoms with E-state index in [1.807, 2.05) is 18.2 Å². The van der Waals surface area contributed by atoms with Gasteiger partial charge in [-0.25, -0.2) is 38.0 Å². The Labute approximate surface area is 251 Å². The summed E-state index contributed by atoms with van der Waals surface area (Å²) < 4.78 is 24.5. The molecule has 1 aliphatic heterocycles. The number of nitrogens with one attached hydrogen (secondary N) is 1. The van der Waals surface area contributed by atoms with E-state index in [-0.39, 0.29) is 22.4 Å². The lowest BCUT2D eigenvalue weighted by Gasteiger charge is -2.20. The third kappa shape index (κ3) is 5.42. The molecule has 44 heavy (non-hydrogen) atoms. The first-order chi connectivity index (χ1) is 21.0. The lowest BCUT2D eigenvalue weighted by Crippen LogP contribution is -2.23. The van der Waals surface area contributed by atoms with Crippen LogP contribution in [-0.4, -0.2) is 51.0 Å². The second-order valence-electron chi connectivity index (χ2n) is 10.0. The van der Waals surface area contributed by atoms with Crippen LogP contribution in [0, 0.1) is 6.92 Å². The van der Waals surface area contributed by atoms with Gasteiger partial charge in [-0.2, -0.15) is 5.10 Å². The summed E-state index contributed by atoms with van der Waals surface area (Å²) >= 11 is 0. The molecule has 2 aromatic heterocycles. The Kier molecular flexibility index (Phi) is 6.99. The number of sulfonamides is 1. The number of anilines is 1. The zero-order chi connectivity index (χ0) is 31.2. The number of primary sulfonamides is 1. The zero-order valence-electron chi connectivity index (χ0n) is 23.0. The highest BCUT2D eigenvalue weighted by molar-refractivity contribution is 7.89. The maximum Gasteiger partial charge on any atom is 0.333 e. The maximum atomic E-state index is 13.2. The van der Waals surface area contributed by atoms with Crippen molar-refractivity contribution in [2.24, 2.45) is 15.9 Å². The molecule has 3 aromatic carbocycles. The molecule has 1 aliphatic rings. The van der Waals surface area contributed by atoms with Crippen molar-refractivity contribution in [3.63, 3.8) is 0 Å². The van der Waals surface area contributed by atoms with Crippen LogP contribution in [0.3, 0.4) is 0 Å². The molecule has 14 heteroatoms. The number of aryl methyl sites for hydroxylation is 1. The first kappa shape index (κ1) is 28.4. The average molecular weight is 609 g/mol. The summed E-state index contributed by atoms with van der Waals surface area (Å²) in [6, 6.07) is 19.0. The van der Waals surface area contributed by atoms with E-state index >= 15 is 0 Å². The summed E-state index contributed by atoms with van der Waals surface area (Å²) in [5, 5.41) is 22.0. The van der Waals surface area contributed by atoms with E-state index in [1.165, 1.54) is 29.2 Å². The van der Waals surface area contributed by atoms with Gasteiger partial charge in [0.05, 0.1) is 16.3 Å². The van der Waals surface area contributed by atoms with E-state index in [9.17, 15) is 23.1 Å². The number of nitrogens with two attached hydrogens (primary N) is 2. The third-order valence-corrected chi connectivity index (χ3v) is 7.95. The van der Waals surface area contributed by atoms with E-state index in [0.29, 0.717) is 39.2 Å². The van der Waals surface area contributed by atoms with Crippen molar-refractivity contribution in [1.29, 1.82) is 0 Å². The number of carboxylic acids is 1. The van der Waals surface area contributed by atoms with E-state index in [2.05, 4.69) is 25.4 Å². The number of aliphatic imine (C=N–C) groups is 1. The first-order valence-electron chi connectivity index (χ1n) is 13.1. The van der Waals surface area contributed by atoms with Crippen LogP contribution in [-0.2, 0) is 14.8 Å². The maximum absolute atomic E-state index is 13.2. The van der Waals surface area contributed by atoms with Gasteiger partial charge in [-0.3, -0.25) is 10.1 Å². The number of carbonyl (C=O) groups excluding carboxylic acids is 1. The van der Waals surface area contributed by atoms with Crippen molar-refractivity contribution in [1.82, 2.24) is 19.7 Å². The first-order valence-corrected chi connectivity index (χ1v) is 14.7. The van der Waals surface area contributed by atoms with Gasteiger partial charge in [-0.15, -0.1) is 0 Å². The minimum absolute atomic E-state index is 0.0109. The van der Waals surface area contributed by atoms with Gasteiger partial charge in [0.1, 0.15) is 11.5 Å². The summed E-state index contributed by atoms with van der Waals surface area (Å²) in [7, 11) is -3.81. The van der Waals surface area contributed by atoms with Gasteiger partial charge in [-0.05, 0) is 65.6 Å². The highest BCUT2D eigenvalue weighted by Gasteiger charge is 2.27. The van der Waals surface area contributed by atoms with Gasteiger partial charge >= 0.3 is 5.97 Å². The van der Waals surface area contributed by atoms with Crippen LogP contribution in [0.25, 0.3) is 27.9 Å². The zero-order valence-corrected chi connectivity index (χ0v) is 23.9. The minimum Gasteiger partial charge on any atom is -0.479 e. The molecule has 3 heterocycles. The molecule has 1 unspecified atom stereocenters. The molecule has 0 spiro atoms. The highest BCUT2D eigenvalue weighted by atomic mass is 32.2. The summed E-state index contributed by atoms with van der Waals surface area (Å²) in [5.41, 5.74) is 11.3. The standard InChI is InChI=1S/C30H24N8O5S/c1-16-12-25(28(39)36-30-33-14-20(15-34-30)17-4-9-22(10-5-17)44(32,42)43)38(37-16)21-7-2-18(3-8-21)23-11-6-19-13-24(23)26(29(40)41)35-27(19)31/h2-15,26H,1H3,(H2,31,35)(H,40,41)(H2,32,42,43)(H,33,34,36,39). The molecule has 2 bridgehead atoms. The summed E-state index contributed by atoms with van der Waals surface area (Å²) in [6.07, 6.45) is 3.01. The van der Waals surface area contributed by atoms with Crippen molar-refractivity contribution < 1.29 is 23.1 Å². The molecule has 6 rings (SSSR count). The normalized spacial score (nSPS) is 14.1. The fourth-order valence-electron chi connectivity index (χ4n) is 4.87. The molecule has 0 radical (unpaired) electrons. The number of hydrogen-bond acceptors (Lipinski definition) is 9. The Morgan fingerprint density at radius 3 is 2.16 bits per heavy atom. The van der Waals surface area contributed by atoms with Crippen LogP contribution in [0.15, 0.2) is 95.1 Å². The van der Waals surface area contributed by atoms with Crippen LogP contribution in [0.1, 0.15) is 33.4 Å². The number of carbonyl (C=O) groups is 2. The fourth-order valence-corrected chi connectivity index (χ4v) is 5.38. The predicted molar refractivity (Wildman–Crippen MR) is 162 cm³/mol. The van der Waals surface area contributed by atoms with E-state index in [4.69, 9.17) is 10.9 Å². The molecule has 6 N–H and O–H groups in total. The summed E-state index contributed by atoms with van der Waals surface area (Å²) in [5.74, 6) is -1.33. The Balaban J connectivity index is 1.21. The molecule has 0 fully saturated rings. The fraction of sp³-hybridized carbons (Fsp3) is 0.0667. The number of amides is 1. The Bertz CT molecular complexity index is 2070. The molecule has 220 valence electrons. The predicted octanol–water partition coefficient (Wildman–Crippen LogP) is 3.05. The number of fused-ring (bicyclic) bond motifs is 2. The molecular formula is C30H24N8O5S. The van der Waals surface area contributed by atoms with Crippen molar-refractivity contribution in [3.8, 4) is 27.9 Å². The van der Waals surface area contributed by atoms with Crippen LogP contribution < -0.4 is 16.2 Å². The quantitative estimate of drug-likeness (QED) is 0.214. The van der Waals surface area contributed by atoms with Gasteiger partial charge in [0.15, 0.2) is 6.04 Å². The van der Waals surface area contributed by atoms with E-state index < -0.39 is 27.9 Å². The summed E-state index contributed by atoms with van der Waals surface area (Å²) in [4.78, 5) is 37.7. The Hall–Kier alpha value is -5.73. The number of amidine groups is 1. The van der Waals surface area contributed by atoms with Crippen LogP contribution in [0.2, 0.25) is 0 Å². The number of nitrogens with zero attached hydrogens (tertiary/aromatic N) is 5. The van der Waals surface area contributed by atoms with Crippen LogP contribution in [0.5, 0.6) is 0 Å². The second-order valence-corrected chi connectivity index (χ2v) is 11.6. The van der Waals surface area contributed by atoms with Crippen LogP contribution in [0.4, 0.5) is 5.95 Å². The number of benzene rings is 3. The molecule has 0 aliphatic carbocycles. The SMILES string of the molecule is Cc1cc(C(=O)Nc2ncc(-c3ccc(S(N)(=O)=O)cc3)cn2)n(-c2ccc(-c3ccc4cc3C(C(=O)O)N=C4N)cc2)n1. The molecular weight excluding hydrogens is 584 g/mol. The van der Waals surface area contributed by atoms with Gasteiger partial charge < -0.3 is 10.8 Å². The molecule has 1 amide bonds. The minimum atomic E-state index is -3.81. The summed E-state index contributed by atoms with van der Waals surface area (Å²) in [6.45, 7) is 1.76. The molecule has 5 aromatic rings. The Morgan fingerprint density at radius 2 is 1.52 bits per heavy atom. The number of aliphatic carboxylic acids is 1. The number of hydrogen-bond donors (Lipinski definition) is 4. The van der Waals surface area contributed by atoms with Gasteiger partial charge in [0, 0.05) is 23.5 Å². The molecule has 1 atom stereocenters. The van der Waals surface area contributed by atoms with Crippen molar-refractivity contribution in [3.05, 3.63) is 108 Å². The molecule has 0 saturated heterocycles. The second kappa shape index (κ2) is 10.8. The largest absolute Gasteiger partial charge is 0.479 e.